The van der Waals surface area contributed by atoms with Gasteiger partial charge >= 0.3 is 0 Å². The maximum absolute atomic E-state index is 12.8. The highest BCUT2D eigenvalue weighted by Crippen LogP contribution is 2.29. The normalized spacial score (nSPS) is 14.2. The van der Waals surface area contributed by atoms with Crippen LogP contribution in [0.4, 0.5) is 0 Å². The maximum atomic E-state index is 12.8. The van der Waals surface area contributed by atoms with Gasteiger partial charge in [-0.3, -0.25) is 9.59 Å². The van der Waals surface area contributed by atoms with E-state index >= 15 is 0 Å². The van der Waals surface area contributed by atoms with Crippen molar-refractivity contribution in [1.29, 1.82) is 0 Å². The Balaban J connectivity index is 1.55. The molecule has 1 aliphatic heterocycles. The topological polar surface area (TPSA) is 65.1 Å². The van der Waals surface area contributed by atoms with E-state index in [1.807, 2.05) is 18.2 Å². The van der Waals surface area contributed by atoms with Gasteiger partial charge in [-0.15, -0.1) is 0 Å². The summed E-state index contributed by atoms with van der Waals surface area (Å²) in [6.07, 6.45) is 6.31. The van der Waals surface area contributed by atoms with Crippen molar-refractivity contribution in [3.05, 3.63) is 72.3 Å². The zero-order valence-corrected chi connectivity index (χ0v) is 18.6. The summed E-state index contributed by atoms with van der Waals surface area (Å²) >= 11 is 0. The number of methoxy groups -OCH3 is 2. The van der Waals surface area contributed by atoms with Crippen LogP contribution in [0.5, 0.6) is 17.2 Å². The molecule has 1 saturated heterocycles. The van der Waals surface area contributed by atoms with E-state index in [0.717, 1.165) is 11.3 Å². The Morgan fingerprint density at radius 2 is 1.75 bits per heavy atom. The van der Waals surface area contributed by atoms with Crippen molar-refractivity contribution in [2.45, 2.75) is 12.8 Å². The summed E-state index contributed by atoms with van der Waals surface area (Å²) in [6, 6.07) is 12.7. The highest BCUT2D eigenvalue weighted by molar-refractivity contribution is 5.98. The summed E-state index contributed by atoms with van der Waals surface area (Å²) in [4.78, 5) is 27.2. The SMILES string of the molecule is C=CCOc1ccc(/C=C/C(=O)N2CCC(C(=O)c3ccc(OC)cc3)CC2)cc1OC. The van der Waals surface area contributed by atoms with E-state index in [0.29, 0.717) is 49.6 Å². The number of ether oxygens (including phenoxy) is 3. The Morgan fingerprint density at radius 1 is 1.03 bits per heavy atom. The van der Waals surface area contributed by atoms with Gasteiger partial charge in [-0.05, 0) is 60.9 Å². The number of hydrogen-bond donors (Lipinski definition) is 0. The van der Waals surface area contributed by atoms with Gasteiger partial charge in [0.2, 0.25) is 5.91 Å². The standard InChI is InChI=1S/C26H29NO5/c1-4-17-32-23-11-5-19(18-24(23)31-3)6-12-25(28)27-15-13-21(14-16-27)26(29)20-7-9-22(30-2)10-8-20/h4-12,18,21H,1,13-17H2,2-3H3/b12-6+. The monoisotopic (exact) mass is 435 g/mol. The van der Waals surface area contributed by atoms with Crippen LogP contribution in [0.15, 0.2) is 61.2 Å². The molecule has 0 saturated carbocycles. The summed E-state index contributed by atoms with van der Waals surface area (Å²) < 4.78 is 16.1. The Kier molecular flexibility index (Phi) is 8.08. The summed E-state index contributed by atoms with van der Waals surface area (Å²) in [5.41, 5.74) is 1.52. The van der Waals surface area contributed by atoms with Crippen molar-refractivity contribution in [2.75, 3.05) is 33.9 Å². The number of piperidine rings is 1. The van der Waals surface area contributed by atoms with Crippen molar-refractivity contribution >= 4 is 17.8 Å². The number of benzene rings is 2. The maximum Gasteiger partial charge on any atom is 0.246 e. The first-order chi connectivity index (χ1) is 15.5. The third-order valence-corrected chi connectivity index (χ3v) is 5.51. The molecule has 0 N–H and O–H groups in total. The number of likely N-dealkylation sites (tertiary alicyclic amines) is 1. The van der Waals surface area contributed by atoms with Gasteiger partial charge in [0, 0.05) is 30.6 Å². The van der Waals surface area contributed by atoms with Crippen LogP contribution in [0.25, 0.3) is 6.08 Å². The number of ketones is 1. The van der Waals surface area contributed by atoms with Crippen LogP contribution in [-0.2, 0) is 4.79 Å². The van der Waals surface area contributed by atoms with Crippen LogP contribution in [-0.4, -0.2) is 50.5 Å². The fourth-order valence-electron chi connectivity index (χ4n) is 3.68. The van der Waals surface area contributed by atoms with Crippen molar-refractivity contribution in [1.82, 2.24) is 4.90 Å². The molecule has 0 atom stereocenters. The smallest absolute Gasteiger partial charge is 0.246 e. The summed E-state index contributed by atoms with van der Waals surface area (Å²) in [7, 11) is 3.18. The fraction of sp³-hybridized carbons (Fsp3) is 0.308. The van der Waals surface area contributed by atoms with E-state index in [1.54, 1.807) is 61.6 Å². The Morgan fingerprint density at radius 3 is 2.38 bits per heavy atom. The van der Waals surface area contributed by atoms with E-state index in [9.17, 15) is 9.59 Å². The predicted molar refractivity (Wildman–Crippen MR) is 124 cm³/mol. The van der Waals surface area contributed by atoms with Crippen LogP contribution < -0.4 is 14.2 Å². The number of hydrogen-bond acceptors (Lipinski definition) is 5. The second-order valence-electron chi connectivity index (χ2n) is 7.54. The lowest BCUT2D eigenvalue weighted by molar-refractivity contribution is -0.127. The lowest BCUT2D eigenvalue weighted by atomic mass is 9.89. The third kappa shape index (κ3) is 5.78. The molecular formula is C26H29NO5. The lowest BCUT2D eigenvalue weighted by Crippen LogP contribution is -2.39. The average Bonchev–Trinajstić information content (AvgIpc) is 2.85. The molecule has 0 spiro atoms. The first-order valence-corrected chi connectivity index (χ1v) is 10.6. The molecule has 1 amide bonds. The second kappa shape index (κ2) is 11.2. The molecule has 0 bridgehead atoms. The quantitative estimate of drug-likeness (QED) is 0.332. The average molecular weight is 436 g/mol. The van der Waals surface area contributed by atoms with Crippen LogP contribution in [0.1, 0.15) is 28.8 Å². The first-order valence-electron chi connectivity index (χ1n) is 10.6. The molecule has 0 unspecified atom stereocenters. The van der Waals surface area contributed by atoms with Gasteiger partial charge in [0.15, 0.2) is 17.3 Å². The number of amides is 1. The Labute approximate surface area is 189 Å². The molecule has 0 radical (unpaired) electrons. The summed E-state index contributed by atoms with van der Waals surface area (Å²) in [6.45, 7) is 5.15. The van der Waals surface area contributed by atoms with Gasteiger partial charge in [0.25, 0.3) is 0 Å². The van der Waals surface area contributed by atoms with Crippen molar-refractivity contribution in [3.8, 4) is 17.2 Å². The minimum Gasteiger partial charge on any atom is -0.497 e. The largest absolute Gasteiger partial charge is 0.497 e. The van der Waals surface area contributed by atoms with Gasteiger partial charge in [-0.2, -0.15) is 0 Å². The minimum absolute atomic E-state index is 0.0636. The molecule has 0 aliphatic carbocycles. The highest BCUT2D eigenvalue weighted by atomic mass is 16.5. The molecule has 1 heterocycles. The van der Waals surface area contributed by atoms with Crippen LogP contribution in [0.3, 0.4) is 0 Å². The fourth-order valence-corrected chi connectivity index (χ4v) is 3.68. The lowest BCUT2D eigenvalue weighted by Gasteiger charge is -2.30. The van der Waals surface area contributed by atoms with Gasteiger partial charge < -0.3 is 19.1 Å². The van der Waals surface area contributed by atoms with Gasteiger partial charge in [-0.25, -0.2) is 0 Å². The molecule has 168 valence electrons. The van der Waals surface area contributed by atoms with Crippen LogP contribution in [0, 0.1) is 5.92 Å². The molecule has 6 nitrogen and oxygen atoms in total. The van der Waals surface area contributed by atoms with Crippen LogP contribution >= 0.6 is 0 Å². The van der Waals surface area contributed by atoms with E-state index in [-0.39, 0.29) is 17.6 Å². The molecular weight excluding hydrogens is 406 g/mol. The minimum atomic E-state index is -0.0659. The Hall–Kier alpha value is -3.54. The molecule has 32 heavy (non-hydrogen) atoms. The van der Waals surface area contributed by atoms with Gasteiger partial charge in [0.05, 0.1) is 14.2 Å². The molecule has 6 heteroatoms. The number of nitrogens with zero attached hydrogens (tertiary/aromatic N) is 1. The first kappa shape index (κ1) is 23.1. The van der Waals surface area contributed by atoms with E-state index in [2.05, 4.69) is 6.58 Å². The number of carbonyl (C=O) groups excluding carboxylic acids is 2. The summed E-state index contributed by atoms with van der Waals surface area (Å²) in [5, 5.41) is 0. The molecule has 1 aliphatic rings. The Bertz CT molecular complexity index is 972. The predicted octanol–water partition coefficient (Wildman–Crippen LogP) is 4.40. The van der Waals surface area contributed by atoms with E-state index < -0.39 is 0 Å². The van der Waals surface area contributed by atoms with Gasteiger partial charge in [-0.1, -0.05) is 18.7 Å². The van der Waals surface area contributed by atoms with E-state index in [4.69, 9.17) is 14.2 Å². The second-order valence-corrected chi connectivity index (χ2v) is 7.54. The van der Waals surface area contributed by atoms with Crippen LogP contribution in [0.2, 0.25) is 0 Å². The van der Waals surface area contributed by atoms with Gasteiger partial charge in [0.1, 0.15) is 12.4 Å². The zero-order chi connectivity index (χ0) is 22.9. The molecule has 2 aromatic rings. The van der Waals surface area contributed by atoms with Crippen molar-refractivity contribution in [2.24, 2.45) is 5.92 Å². The summed E-state index contributed by atoms with van der Waals surface area (Å²) in [5.74, 6) is 1.94. The molecule has 3 rings (SSSR count). The molecule has 1 fully saturated rings. The third-order valence-electron chi connectivity index (χ3n) is 5.51. The molecule has 0 aromatic heterocycles. The zero-order valence-electron chi connectivity index (χ0n) is 18.6. The molecule has 2 aromatic carbocycles. The number of carbonyl (C=O) groups is 2. The number of rotatable bonds is 9. The van der Waals surface area contributed by atoms with Crippen molar-refractivity contribution < 1.29 is 23.8 Å². The highest BCUT2D eigenvalue weighted by Gasteiger charge is 2.27. The van der Waals surface area contributed by atoms with Crippen molar-refractivity contribution in [3.63, 3.8) is 0 Å². The van der Waals surface area contributed by atoms with E-state index in [1.165, 1.54) is 0 Å². The number of Topliss-reactive ketones (excluding diaryl/α,β-unsaturated/α-hetero) is 1.